The van der Waals surface area contributed by atoms with Crippen LogP contribution in [-0.2, 0) is 0 Å². The normalized spacial score (nSPS) is 17.5. The van der Waals surface area contributed by atoms with Crippen LogP contribution in [0.5, 0.6) is 0 Å². The molecule has 33 heavy (non-hydrogen) atoms. The molecule has 9 heteroatoms. The number of hydrazone groups is 1. The van der Waals surface area contributed by atoms with E-state index in [-0.39, 0.29) is 5.92 Å². The summed E-state index contributed by atoms with van der Waals surface area (Å²) in [6.07, 6.45) is 3.63. The van der Waals surface area contributed by atoms with Gasteiger partial charge in [0.25, 0.3) is 0 Å². The van der Waals surface area contributed by atoms with Crippen LogP contribution in [0.25, 0.3) is 10.9 Å². The largest absolute Gasteiger partial charge is 0.350 e. The van der Waals surface area contributed by atoms with E-state index < -0.39 is 5.67 Å². The van der Waals surface area contributed by atoms with Crippen LogP contribution in [0.15, 0.2) is 64.2 Å². The van der Waals surface area contributed by atoms with E-state index in [1.165, 1.54) is 11.8 Å². The van der Waals surface area contributed by atoms with Gasteiger partial charge in [0.1, 0.15) is 11.5 Å². The maximum Gasteiger partial charge on any atom is 0.196 e. The Hall–Kier alpha value is -3.20. The van der Waals surface area contributed by atoms with E-state index in [0.717, 1.165) is 40.0 Å². The molecular formula is C24H26FN7S. The van der Waals surface area contributed by atoms with Crippen LogP contribution >= 0.6 is 11.8 Å². The first-order valence-corrected chi connectivity index (χ1v) is 11.8. The number of hydrogen-bond acceptors (Lipinski definition) is 8. The van der Waals surface area contributed by atoms with E-state index in [1.807, 2.05) is 43.0 Å². The second-order valence-corrected chi connectivity index (χ2v) is 9.70. The van der Waals surface area contributed by atoms with Crippen molar-refractivity contribution in [2.75, 3.05) is 23.4 Å². The average molecular weight is 464 g/mol. The van der Waals surface area contributed by atoms with Gasteiger partial charge in [0.2, 0.25) is 0 Å². The summed E-state index contributed by atoms with van der Waals surface area (Å²) in [4.78, 5) is 16.9. The Morgan fingerprint density at radius 1 is 1.21 bits per heavy atom. The molecule has 2 aliphatic rings. The van der Waals surface area contributed by atoms with Gasteiger partial charge in [-0.1, -0.05) is 12.6 Å². The van der Waals surface area contributed by atoms with Gasteiger partial charge in [-0.15, -0.1) is 0 Å². The Morgan fingerprint density at radius 2 is 2.03 bits per heavy atom. The van der Waals surface area contributed by atoms with Crippen molar-refractivity contribution in [3.8, 4) is 0 Å². The van der Waals surface area contributed by atoms with Crippen LogP contribution in [0.4, 0.5) is 16.0 Å². The molecule has 1 aliphatic carbocycles. The van der Waals surface area contributed by atoms with Gasteiger partial charge in [0.05, 0.1) is 24.3 Å². The molecule has 3 aromatic rings. The highest BCUT2D eigenvalue weighted by molar-refractivity contribution is 7.99. The third kappa shape index (κ3) is 4.78. The van der Waals surface area contributed by atoms with Crippen LogP contribution in [-0.4, -0.2) is 39.4 Å². The first-order chi connectivity index (χ1) is 15.9. The van der Waals surface area contributed by atoms with E-state index in [2.05, 4.69) is 44.7 Å². The Morgan fingerprint density at radius 3 is 2.79 bits per heavy atom. The molecule has 0 amide bonds. The molecule has 1 aromatic carbocycles. The Labute approximate surface area is 196 Å². The standard InChI is InChI=1S/C24H26FN7S/c1-4-15(2)29-31-30-21-12-22(32-13-24(25,14-32)18-7-8-18)28-23(27-21)33-19-9-10-20-17(11-19)6-5-16(3)26-20/h4-6,9-12,18,31H,1,7-8,13-14H2,2-3H3,(H,27,28,30)/b29-15-. The van der Waals surface area contributed by atoms with Gasteiger partial charge in [-0.2, -0.15) is 5.10 Å². The smallest absolute Gasteiger partial charge is 0.196 e. The highest BCUT2D eigenvalue weighted by Gasteiger charge is 2.54. The maximum atomic E-state index is 14.9. The van der Waals surface area contributed by atoms with Gasteiger partial charge in [-0.25, -0.2) is 19.9 Å². The maximum absolute atomic E-state index is 14.9. The third-order valence-corrected chi connectivity index (χ3v) is 6.81. The van der Waals surface area contributed by atoms with Crippen molar-refractivity contribution < 1.29 is 4.39 Å². The number of aryl methyl sites for hydroxylation is 1. The molecule has 0 spiro atoms. The van der Waals surface area contributed by atoms with Crippen molar-refractivity contribution >= 4 is 40.0 Å². The van der Waals surface area contributed by atoms with Crippen molar-refractivity contribution in [3.63, 3.8) is 0 Å². The lowest BCUT2D eigenvalue weighted by atomic mass is 9.91. The average Bonchev–Trinajstić information content (AvgIpc) is 3.62. The fraction of sp³-hybridized carbons (Fsp3) is 0.333. The highest BCUT2D eigenvalue weighted by atomic mass is 32.2. The second kappa shape index (κ2) is 8.62. The number of aromatic nitrogens is 3. The van der Waals surface area contributed by atoms with Crippen molar-refractivity contribution in [1.29, 1.82) is 0 Å². The fourth-order valence-corrected chi connectivity index (χ4v) is 4.70. The minimum Gasteiger partial charge on any atom is -0.350 e. The lowest BCUT2D eigenvalue weighted by Crippen LogP contribution is -2.60. The zero-order valence-electron chi connectivity index (χ0n) is 18.7. The molecule has 170 valence electrons. The molecule has 1 saturated carbocycles. The minimum atomic E-state index is -1.08. The SMILES string of the molecule is C=C/C(C)=N\NNc1cc(N2CC(F)(C3CC3)C2)nc(Sc2ccc3nc(C)ccc3c2)n1. The Bertz CT molecular complexity index is 1230. The summed E-state index contributed by atoms with van der Waals surface area (Å²) >= 11 is 1.46. The van der Waals surface area contributed by atoms with Gasteiger partial charge in [0.15, 0.2) is 11.0 Å². The monoisotopic (exact) mass is 463 g/mol. The summed E-state index contributed by atoms with van der Waals surface area (Å²) in [5, 5.41) is 5.78. The molecule has 5 rings (SSSR count). The molecule has 0 bridgehead atoms. The number of halogens is 1. The fourth-order valence-electron chi connectivity index (χ4n) is 3.89. The number of allylic oxidation sites excluding steroid dienone is 1. The zero-order chi connectivity index (χ0) is 23.0. The number of nitrogens with zero attached hydrogens (tertiary/aromatic N) is 5. The van der Waals surface area contributed by atoms with Crippen LogP contribution in [0.3, 0.4) is 0 Å². The van der Waals surface area contributed by atoms with Crippen molar-refractivity contribution in [2.45, 2.75) is 42.4 Å². The first kappa shape index (κ1) is 21.6. The van der Waals surface area contributed by atoms with E-state index in [1.54, 1.807) is 6.08 Å². The van der Waals surface area contributed by atoms with Crippen molar-refractivity contribution in [2.24, 2.45) is 11.0 Å². The molecule has 1 aliphatic heterocycles. The third-order valence-electron chi connectivity index (χ3n) is 5.95. The molecule has 3 heterocycles. The molecular weight excluding hydrogens is 437 g/mol. The van der Waals surface area contributed by atoms with Crippen LogP contribution in [0, 0.1) is 12.8 Å². The number of fused-ring (bicyclic) bond motifs is 1. The predicted molar refractivity (Wildman–Crippen MR) is 131 cm³/mol. The molecule has 7 nitrogen and oxygen atoms in total. The molecule has 0 radical (unpaired) electrons. The number of benzene rings is 1. The topological polar surface area (TPSA) is 78.3 Å². The molecule has 2 aromatic heterocycles. The van der Waals surface area contributed by atoms with Gasteiger partial charge < -0.3 is 4.90 Å². The summed E-state index contributed by atoms with van der Waals surface area (Å²) in [7, 11) is 0. The number of hydrazine groups is 1. The molecule has 1 saturated heterocycles. The number of alkyl halides is 1. The number of rotatable bonds is 8. The van der Waals surface area contributed by atoms with E-state index >= 15 is 0 Å². The number of anilines is 2. The van der Waals surface area contributed by atoms with Crippen molar-refractivity contribution in [1.82, 2.24) is 20.5 Å². The molecule has 2 N–H and O–H groups in total. The lowest BCUT2D eigenvalue weighted by molar-refractivity contribution is 0.0924. The minimum absolute atomic E-state index is 0.203. The van der Waals surface area contributed by atoms with Crippen LogP contribution in [0.1, 0.15) is 25.5 Å². The van der Waals surface area contributed by atoms with Crippen molar-refractivity contribution in [3.05, 3.63) is 54.7 Å². The van der Waals surface area contributed by atoms with Gasteiger partial charge in [0, 0.05) is 22.0 Å². The second-order valence-electron chi connectivity index (χ2n) is 8.66. The Kier molecular flexibility index (Phi) is 5.65. The molecule has 0 unspecified atom stereocenters. The van der Waals surface area contributed by atoms with Gasteiger partial charge in [-0.05, 0) is 74.7 Å². The zero-order valence-corrected chi connectivity index (χ0v) is 19.5. The van der Waals surface area contributed by atoms with E-state index in [0.29, 0.717) is 29.9 Å². The number of pyridine rings is 1. The molecule has 0 atom stereocenters. The predicted octanol–water partition coefficient (Wildman–Crippen LogP) is 4.90. The molecule has 2 fully saturated rings. The number of hydrogen-bond donors (Lipinski definition) is 2. The number of nitrogens with one attached hydrogen (secondary N) is 2. The highest BCUT2D eigenvalue weighted by Crippen LogP contribution is 2.48. The summed E-state index contributed by atoms with van der Waals surface area (Å²) < 4.78 is 14.9. The summed E-state index contributed by atoms with van der Waals surface area (Å²) in [5.41, 5.74) is 7.37. The van der Waals surface area contributed by atoms with E-state index in [9.17, 15) is 4.39 Å². The van der Waals surface area contributed by atoms with Crippen LogP contribution in [0.2, 0.25) is 0 Å². The lowest BCUT2D eigenvalue weighted by Gasteiger charge is -2.45. The summed E-state index contributed by atoms with van der Waals surface area (Å²) in [6.45, 7) is 8.26. The van der Waals surface area contributed by atoms with E-state index in [4.69, 9.17) is 4.98 Å². The quantitative estimate of drug-likeness (QED) is 0.279. The summed E-state index contributed by atoms with van der Waals surface area (Å²) in [6, 6.07) is 12.0. The van der Waals surface area contributed by atoms with Crippen LogP contribution < -0.4 is 15.9 Å². The Balaban J connectivity index is 1.39. The van der Waals surface area contributed by atoms with Gasteiger partial charge >= 0.3 is 0 Å². The summed E-state index contributed by atoms with van der Waals surface area (Å²) in [5.74, 6) is 1.46. The van der Waals surface area contributed by atoms with Gasteiger partial charge in [-0.3, -0.25) is 10.4 Å². The first-order valence-electron chi connectivity index (χ1n) is 11.0.